The fraction of sp³-hybridized carbons (Fsp3) is 0.467. The maximum absolute atomic E-state index is 11.3. The molecule has 0 spiro atoms. The van der Waals surface area contributed by atoms with Crippen molar-refractivity contribution in [2.45, 2.75) is 12.8 Å². The second kappa shape index (κ2) is 6.59. The molecule has 2 heterocycles. The van der Waals surface area contributed by atoms with Crippen LogP contribution >= 0.6 is 11.6 Å². The smallest absolute Gasteiger partial charge is 0.208 e. The first-order valence-electron chi connectivity index (χ1n) is 7.52. The minimum absolute atomic E-state index is 0.274. The lowest BCUT2D eigenvalue weighted by Gasteiger charge is -2.34. The van der Waals surface area contributed by atoms with E-state index >= 15 is 0 Å². The zero-order valence-electron chi connectivity index (χ0n) is 12.9. The minimum atomic E-state index is -3.15. The molecule has 1 atom stereocenters. The third-order valence-electron chi connectivity index (χ3n) is 4.03. The van der Waals surface area contributed by atoms with Crippen LogP contribution in [0.5, 0.6) is 0 Å². The third-order valence-corrected chi connectivity index (χ3v) is 4.96. The van der Waals surface area contributed by atoms with E-state index in [-0.39, 0.29) is 5.92 Å². The Morgan fingerprint density at radius 1 is 1.39 bits per heavy atom. The van der Waals surface area contributed by atoms with E-state index in [2.05, 4.69) is 19.6 Å². The lowest BCUT2D eigenvalue weighted by Crippen LogP contribution is -2.41. The van der Waals surface area contributed by atoms with Gasteiger partial charge >= 0.3 is 0 Å². The molecule has 1 saturated heterocycles. The summed E-state index contributed by atoms with van der Waals surface area (Å²) < 4.78 is 25.2. The first-order chi connectivity index (χ1) is 10.9. The lowest BCUT2D eigenvalue weighted by molar-refractivity contribution is 0.410. The standard InChI is InChI=1S/C15H19ClN4O2S/c1-23(21,22)19-8-11-3-2-6-20(9-11)15-13-5-4-12(16)7-14(13)17-10-18-15/h4-5,7,10-11,19H,2-3,6,8-9H2,1H3. The number of nitrogens with zero attached hydrogens (tertiary/aromatic N) is 3. The number of benzene rings is 1. The lowest BCUT2D eigenvalue weighted by atomic mass is 9.98. The minimum Gasteiger partial charge on any atom is -0.356 e. The second-order valence-electron chi connectivity index (χ2n) is 5.93. The maximum Gasteiger partial charge on any atom is 0.208 e. The Balaban J connectivity index is 1.81. The molecule has 124 valence electrons. The molecule has 0 amide bonds. The molecular weight excluding hydrogens is 336 g/mol. The largest absolute Gasteiger partial charge is 0.356 e. The Morgan fingerprint density at radius 3 is 3.00 bits per heavy atom. The van der Waals surface area contributed by atoms with Crippen LogP contribution in [-0.2, 0) is 10.0 Å². The van der Waals surface area contributed by atoms with Gasteiger partial charge in [-0.05, 0) is 37.0 Å². The zero-order valence-corrected chi connectivity index (χ0v) is 14.4. The van der Waals surface area contributed by atoms with Crippen molar-refractivity contribution in [3.8, 4) is 0 Å². The number of nitrogens with one attached hydrogen (secondary N) is 1. The highest BCUT2D eigenvalue weighted by atomic mass is 35.5. The van der Waals surface area contributed by atoms with Crippen LogP contribution in [0.25, 0.3) is 10.9 Å². The van der Waals surface area contributed by atoms with Crippen molar-refractivity contribution in [3.05, 3.63) is 29.5 Å². The molecule has 23 heavy (non-hydrogen) atoms. The molecule has 6 nitrogen and oxygen atoms in total. The molecule has 1 aromatic heterocycles. The van der Waals surface area contributed by atoms with Crippen molar-refractivity contribution >= 4 is 38.3 Å². The van der Waals surface area contributed by atoms with Crippen LogP contribution in [0.15, 0.2) is 24.5 Å². The Morgan fingerprint density at radius 2 is 2.22 bits per heavy atom. The van der Waals surface area contributed by atoms with Crippen molar-refractivity contribution in [1.82, 2.24) is 14.7 Å². The van der Waals surface area contributed by atoms with Gasteiger partial charge in [-0.2, -0.15) is 0 Å². The fourth-order valence-corrected chi connectivity index (χ4v) is 3.67. The molecule has 3 rings (SSSR count). The van der Waals surface area contributed by atoms with Crippen LogP contribution in [0.1, 0.15) is 12.8 Å². The van der Waals surface area contributed by atoms with E-state index < -0.39 is 10.0 Å². The topological polar surface area (TPSA) is 75.2 Å². The normalized spacial score (nSPS) is 19.2. The van der Waals surface area contributed by atoms with E-state index in [1.807, 2.05) is 18.2 Å². The highest BCUT2D eigenvalue weighted by molar-refractivity contribution is 7.88. The molecule has 0 radical (unpaired) electrons. The summed E-state index contributed by atoms with van der Waals surface area (Å²) in [6.45, 7) is 2.14. The SMILES string of the molecule is CS(=O)(=O)NCC1CCCN(c2ncnc3cc(Cl)ccc23)C1. The molecule has 8 heteroatoms. The number of anilines is 1. The van der Waals surface area contributed by atoms with Gasteiger partial charge in [-0.25, -0.2) is 23.1 Å². The Kier molecular flexibility index (Phi) is 4.70. The van der Waals surface area contributed by atoms with Crippen molar-refractivity contribution in [2.75, 3.05) is 30.8 Å². The van der Waals surface area contributed by atoms with E-state index in [1.54, 1.807) is 6.33 Å². The van der Waals surface area contributed by atoms with Gasteiger partial charge in [0.25, 0.3) is 0 Å². The number of aromatic nitrogens is 2. The first kappa shape index (κ1) is 16.4. The summed E-state index contributed by atoms with van der Waals surface area (Å²) in [5.41, 5.74) is 0.818. The molecule has 0 bridgehead atoms. The molecule has 0 saturated carbocycles. The predicted octanol–water partition coefficient (Wildman–Crippen LogP) is 2.05. The number of fused-ring (bicyclic) bond motifs is 1. The molecule has 1 fully saturated rings. The molecule has 1 aromatic carbocycles. The number of piperidine rings is 1. The summed E-state index contributed by atoms with van der Waals surface area (Å²) in [7, 11) is -3.15. The summed E-state index contributed by atoms with van der Waals surface area (Å²) in [6, 6.07) is 5.60. The number of halogens is 1. The maximum atomic E-state index is 11.3. The van der Waals surface area contributed by atoms with E-state index in [0.717, 1.165) is 42.7 Å². The predicted molar refractivity (Wildman–Crippen MR) is 92.3 cm³/mol. The van der Waals surface area contributed by atoms with E-state index in [0.29, 0.717) is 11.6 Å². The number of hydrogen-bond acceptors (Lipinski definition) is 5. The molecular formula is C15H19ClN4O2S. The zero-order chi connectivity index (χ0) is 16.4. The number of rotatable bonds is 4. The monoisotopic (exact) mass is 354 g/mol. The fourth-order valence-electron chi connectivity index (χ4n) is 2.96. The third kappa shape index (κ3) is 4.10. The van der Waals surface area contributed by atoms with Crippen LogP contribution in [0.3, 0.4) is 0 Å². The van der Waals surface area contributed by atoms with Crippen molar-refractivity contribution in [1.29, 1.82) is 0 Å². The van der Waals surface area contributed by atoms with Gasteiger partial charge < -0.3 is 4.90 Å². The highest BCUT2D eigenvalue weighted by Gasteiger charge is 2.23. The van der Waals surface area contributed by atoms with Crippen molar-refractivity contribution in [2.24, 2.45) is 5.92 Å². The molecule has 0 aliphatic carbocycles. The summed E-state index contributed by atoms with van der Waals surface area (Å²) in [5, 5.41) is 1.62. The Bertz CT molecular complexity index is 812. The molecule has 1 unspecified atom stereocenters. The average Bonchev–Trinajstić information content (AvgIpc) is 2.52. The van der Waals surface area contributed by atoms with Crippen molar-refractivity contribution < 1.29 is 8.42 Å². The van der Waals surface area contributed by atoms with Gasteiger partial charge in [-0.1, -0.05) is 11.6 Å². The number of sulfonamides is 1. The van der Waals surface area contributed by atoms with Crippen LogP contribution < -0.4 is 9.62 Å². The number of hydrogen-bond donors (Lipinski definition) is 1. The first-order valence-corrected chi connectivity index (χ1v) is 9.79. The average molecular weight is 355 g/mol. The van der Waals surface area contributed by atoms with Gasteiger partial charge in [0.2, 0.25) is 10.0 Å². The van der Waals surface area contributed by atoms with Gasteiger partial charge in [-0.3, -0.25) is 0 Å². The molecule has 1 aliphatic heterocycles. The summed E-state index contributed by atoms with van der Waals surface area (Å²) in [6.07, 6.45) is 4.75. The van der Waals surface area contributed by atoms with Gasteiger partial charge in [0, 0.05) is 30.0 Å². The van der Waals surface area contributed by atoms with Gasteiger partial charge in [0.1, 0.15) is 12.1 Å². The van der Waals surface area contributed by atoms with Gasteiger partial charge in [0.05, 0.1) is 11.8 Å². The van der Waals surface area contributed by atoms with E-state index in [4.69, 9.17) is 11.6 Å². The van der Waals surface area contributed by atoms with Gasteiger partial charge in [-0.15, -0.1) is 0 Å². The van der Waals surface area contributed by atoms with Crippen LogP contribution in [0.2, 0.25) is 5.02 Å². The van der Waals surface area contributed by atoms with E-state index in [9.17, 15) is 8.42 Å². The summed E-state index contributed by atoms with van der Waals surface area (Å²) in [4.78, 5) is 10.9. The summed E-state index contributed by atoms with van der Waals surface area (Å²) in [5.74, 6) is 1.16. The van der Waals surface area contributed by atoms with E-state index in [1.165, 1.54) is 6.26 Å². The molecule has 1 aliphatic rings. The van der Waals surface area contributed by atoms with Crippen LogP contribution in [-0.4, -0.2) is 44.3 Å². The molecule has 1 N–H and O–H groups in total. The summed E-state index contributed by atoms with van der Waals surface area (Å²) >= 11 is 6.02. The van der Waals surface area contributed by atoms with Crippen LogP contribution in [0, 0.1) is 5.92 Å². The quantitative estimate of drug-likeness (QED) is 0.909. The Labute approximate surface area is 140 Å². The second-order valence-corrected chi connectivity index (χ2v) is 8.20. The van der Waals surface area contributed by atoms with Gasteiger partial charge in [0.15, 0.2) is 0 Å². The van der Waals surface area contributed by atoms with Crippen molar-refractivity contribution in [3.63, 3.8) is 0 Å². The molecule has 2 aromatic rings. The van der Waals surface area contributed by atoms with Crippen LogP contribution in [0.4, 0.5) is 5.82 Å². The highest BCUT2D eigenvalue weighted by Crippen LogP contribution is 2.28. The Hall–Kier alpha value is -1.44.